The Morgan fingerprint density at radius 1 is 0.818 bits per heavy atom. The Bertz CT molecular complexity index is 1530. The monoisotopic (exact) mass is 593 g/mol. The molecule has 2 atom stereocenters. The van der Waals surface area contributed by atoms with Gasteiger partial charge >= 0.3 is 11.9 Å². The minimum atomic E-state index is -1.14. The molecule has 0 N–H and O–H groups in total. The van der Waals surface area contributed by atoms with Gasteiger partial charge in [0.15, 0.2) is 0 Å². The van der Waals surface area contributed by atoms with Gasteiger partial charge in [0.05, 0.1) is 20.0 Å². The molecule has 0 aliphatic carbocycles. The molecule has 0 unspecified atom stereocenters. The van der Waals surface area contributed by atoms with Crippen LogP contribution in [0.5, 0.6) is 5.75 Å². The molecule has 0 spiro atoms. The van der Waals surface area contributed by atoms with Gasteiger partial charge in [0, 0.05) is 23.8 Å². The summed E-state index contributed by atoms with van der Waals surface area (Å²) in [6, 6.07) is 27.9. The molecule has 0 saturated carbocycles. The largest absolute Gasteiger partial charge is 0.497 e. The minimum absolute atomic E-state index is 0.0999. The second-order valence-electron chi connectivity index (χ2n) is 9.76. The summed E-state index contributed by atoms with van der Waals surface area (Å²) in [7, 11) is 1.54. The summed E-state index contributed by atoms with van der Waals surface area (Å²) in [6.07, 6.45) is 7.62. The quantitative estimate of drug-likeness (QED) is 0.123. The molecule has 8 nitrogen and oxygen atoms in total. The Labute approximate surface area is 257 Å². The van der Waals surface area contributed by atoms with Crippen LogP contribution < -0.4 is 9.64 Å². The van der Waals surface area contributed by atoms with Crippen molar-refractivity contribution in [3.8, 4) is 5.75 Å². The first-order valence-corrected chi connectivity index (χ1v) is 14.3. The molecule has 0 radical (unpaired) electrons. The Morgan fingerprint density at radius 2 is 1.50 bits per heavy atom. The fraction of sp³-hybridized carbons (Fsp3) is 0.194. The lowest BCUT2D eigenvalue weighted by atomic mass is 9.89. The zero-order valence-corrected chi connectivity index (χ0v) is 24.7. The van der Waals surface area contributed by atoms with E-state index in [2.05, 4.69) is 0 Å². The number of furan rings is 1. The van der Waals surface area contributed by atoms with E-state index in [0.717, 1.165) is 11.1 Å². The standard InChI is InChI=1S/C36H35NO7/c1-3-42-36(40)35(37(30-17-19-31(41-2)20-18-30)33(38)22-21-32-15-10-24-43-32)29(25-27-11-6-4-7-12-27)16-23-34(39)44-26-28-13-8-5-9-14-28/h4-24,29,35H,3,25-26H2,1-2H3/b22-21+,23-16+/t29-,35-/m0/s1. The third-order valence-corrected chi connectivity index (χ3v) is 6.75. The van der Waals surface area contributed by atoms with Crippen LogP contribution in [0.2, 0.25) is 0 Å². The Kier molecular flexibility index (Phi) is 11.7. The van der Waals surface area contributed by atoms with E-state index in [-0.39, 0.29) is 13.2 Å². The molecule has 4 rings (SSSR count). The van der Waals surface area contributed by atoms with E-state index in [0.29, 0.717) is 23.6 Å². The fourth-order valence-electron chi connectivity index (χ4n) is 4.64. The van der Waals surface area contributed by atoms with Gasteiger partial charge in [-0.25, -0.2) is 9.59 Å². The van der Waals surface area contributed by atoms with Gasteiger partial charge in [-0.2, -0.15) is 0 Å². The number of benzene rings is 3. The van der Waals surface area contributed by atoms with Crippen molar-refractivity contribution in [2.24, 2.45) is 5.92 Å². The second-order valence-corrected chi connectivity index (χ2v) is 9.76. The number of ether oxygens (including phenoxy) is 3. The van der Waals surface area contributed by atoms with Crippen LogP contribution in [0.3, 0.4) is 0 Å². The van der Waals surface area contributed by atoms with Crippen molar-refractivity contribution in [1.82, 2.24) is 0 Å². The van der Waals surface area contributed by atoms with E-state index in [1.54, 1.807) is 56.5 Å². The first-order chi connectivity index (χ1) is 21.5. The van der Waals surface area contributed by atoms with Gasteiger partial charge in [-0.05, 0) is 66.9 Å². The lowest BCUT2D eigenvalue weighted by Gasteiger charge is -2.34. The predicted molar refractivity (Wildman–Crippen MR) is 168 cm³/mol. The molecular weight excluding hydrogens is 558 g/mol. The number of nitrogens with zero attached hydrogens (tertiary/aromatic N) is 1. The fourth-order valence-corrected chi connectivity index (χ4v) is 4.64. The Morgan fingerprint density at radius 3 is 2.11 bits per heavy atom. The van der Waals surface area contributed by atoms with E-state index in [1.807, 2.05) is 60.7 Å². The summed E-state index contributed by atoms with van der Waals surface area (Å²) in [6.45, 7) is 1.90. The molecule has 0 aliphatic rings. The first kappa shape index (κ1) is 31.6. The van der Waals surface area contributed by atoms with Crippen molar-refractivity contribution < 1.29 is 33.0 Å². The maximum atomic E-state index is 13.9. The molecule has 44 heavy (non-hydrogen) atoms. The van der Waals surface area contributed by atoms with Crippen LogP contribution in [0.15, 0.2) is 126 Å². The molecule has 226 valence electrons. The van der Waals surface area contributed by atoms with E-state index in [4.69, 9.17) is 18.6 Å². The maximum Gasteiger partial charge on any atom is 0.330 e. The summed E-state index contributed by atoms with van der Waals surface area (Å²) in [5, 5.41) is 0. The molecule has 0 fully saturated rings. The number of amides is 1. The van der Waals surface area contributed by atoms with Gasteiger partial charge in [0.25, 0.3) is 5.91 Å². The molecule has 0 bridgehead atoms. The third kappa shape index (κ3) is 9.06. The molecular formula is C36H35NO7. The summed E-state index contributed by atoms with van der Waals surface area (Å²) < 4.78 is 21.7. The number of hydrogen-bond acceptors (Lipinski definition) is 7. The Hall–Kier alpha value is -5.37. The number of carbonyl (C=O) groups excluding carboxylic acids is 3. The zero-order chi connectivity index (χ0) is 31.1. The number of hydrogen-bond donors (Lipinski definition) is 0. The van der Waals surface area contributed by atoms with Crippen LogP contribution in [0.1, 0.15) is 23.8 Å². The number of rotatable bonds is 14. The normalized spacial score (nSPS) is 12.5. The van der Waals surface area contributed by atoms with Gasteiger partial charge in [0.1, 0.15) is 24.2 Å². The molecule has 1 amide bonds. The van der Waals surface area contributed by atoms with Crippen molar-refractivity contribution in [1.29, 1.82) is 0 Å². The topological polar surface area (TPSA) is 95.3 Å². The van der Waals surface area contributed by atoms with Crippen molar-refractivity contribution in [3.05, 3.63) is 138 Å². The minimum Gasteiger partial charge on any atom is -0.497 e. The van der Waals surface area contributed by atoms with Gasteiger partial charge in [-0.1, -0.05) is 66.7 Å². The van der Waals surface area contributed by atoms with E-state index < -0.39 is 29.8 Å². The molecule has 0 saturated heterocycles. The predicted octanol–water partition coefficient (Wildman–Crippen LogP) is 6.42. The SMILES string of the molecule is CCOC(=O)[C@H]([C@@H](/C=C/C(=O)OCc1ccccc1)Cc1ccccc1)N(C(=O)/C=C/c1ccco1)c1ccc(OC)cc1. The van der Waals surface area contributed by atoms with Crippen molar-refractivity contribution in [2.45, 2.75) is 26.0 Å². The van der Waals surface area contributed by atoms with Crippen LogP contribution in [0.4, 0.5) is 5.69 Å². The van der Waals surface area contributed by atoms with Crippen LogP contribution in [0, 0.1) is 5.92 Å². The Balaban J connectivity index is 1.74. The van der Waals surface area contributed by atoms with Crippen LogP contribution in [-0.2, 0) is 36.9 Å². The number of carbonyl (C=O) groups is 3. The molecule has 1 aromatic heterocycles. The highest BCUT2D eigenvalue weighted by molar-refractivity contribution is 6.07. The van der Waals surface area contributed by atoms with Crippen LogP contribution >= 0.6 is 0 Å². The first-order valence-electron chi connectivity index (χ1n) is 14.3. The molecule has 8 heteroatoms. The van der Waals surface area contributed by atoms with Gasteiger partial charge in [0.2, 0.25) is 0 Å². The summed E-state index contributed by atoms with van der Waals surface area (Å²) in [5.74, 6) is -1.29. The van der Waals surface area contributed by atoms with E-state index in [9.17, 15) is 14.4 Å². The van der Waals surface area contributed by atoms with Crippen LogP contribution in [0.25, 0.3) is 6.08 Å². The highest BCUT2D eigenvalue weighted by atomic mass is 16.5. The van der Waals surface area contributed by atoms with E-state index in [1.165, 1.54) is 29.4 Å². The summed E-state index contributed by atoms with van der Waals surface area (Å²) >= 11 is 0. The molecule has 4 aromatic rings. The average molecular weight is 594 g/mol. The summed E-state index contributed by atoms with van der Waals surface area (Å²) in [5.41, 5.74) is 2.19. The van der Waals surface area contributed by atoms with Crippen LogP contribution in [-0.4, -0.2) is 37.6 Å². The molecule has 1 heterocycles. The molecule has 3 aromatic carbocycles. The highest BCUT2D eigenvalue weighted by Crippen LogP contribution is 2.28. The van der Waals surface area contributed by atoms with Crippen molar-refractivity contribution in [3.63, 3.8) is 0 Å². The number of anilines is 1. The average Bonchev–Trinajstić information content (AvgIpc) is 3.58. The van der Waals surface area contributed by atoms with E-state index >= 15 is 0 Å². The highest BCUT2D eigenvalue weighted by Gasteiger charge is 2.37. The lowest BCUT2D eigenvalue weighted by Crippen LogP contribution is -2.50. The lowest BCUT2D eigenvalue weighted by molar-refractivity contribution is -0.146. The zero-order valence-electron chi connectivity index (χ0n) is 24.7. The van der Waals surface area contributed by atoms with Gasteiger partial charge in [-0.15, -0.1) is 0 Å². The van der Waals surface area contributed by atoms with Gasteiger partial charge in [-0.3, -0.25) is 9.69 Å². The van der Waals surface area contributed by atoms with Gasteiger partial charge < -0.3 is 18.6 Å². The second kappa shape index (κ2) is 16.3. The van der Waals surface area contributed by atoms with Crippen molar-refractivity contribution >= 4 is 29.6 Å². The number of esters is 2. The number of methoxy groups -OCH3 is 1. The maximum absolute atomic E-state index is 13.9. The smallest absolute Gasteiger partial charge is 0.330 e. The third-order valence-electron chi connectivity index (χ3n) is 6.75. The summed E-state index contributed by atoms with van der Waals surface area (Å²) in [4.78, 5) is 41.9. The van der Waals surface area contributed by atoms with Crippen molar-refractivity contribution in [2.75, 3.05) is 18.6 Å². The molecule has 0 aliphatic heterocycles.